The van der Waals surface area contributed by atoms with Crippen LogP contribution in [0.5, 0.6) is 0 Å². The van der Waals surface area contributed by atoms with Gasteiger partial charge in [-0.25, -0.2) is 4.79 Å². The van der Waals surface area contributed by atoms with Gasteiger partial charge in [-0.15, -0.1) is 0 Å². The van der Waals surface area contributed by atoms with Gasteiger partial charge in [-0.3, -0.25) is 0 Å². The molecule has 17 heavy (non-hydrogen) atoms. The van der Waals surface area contributed by atoms with Crippen LogP contribution in [0.4, 0.5) is 0 Å². The highest BCUT2D eigenvalue weighted by atomic mass is 16.5. The van der Waals surface area contributed by atoms with Crippen molar-refractivity contribution < 1.29 is 14.6 Å². The molecule has 90 valence electrons. The lowest BCUT2D eigenvalue weighted by Gasteiger charge is -2.07. The maximum absolute atomic E-state index is 11.3. The fourth-order valence-electron chi connectivity index (χ4n) is 1.26. The van der Waals surface area contributed by atoms with Gasteiger partial charge in [-0.1, -0.05) is 49.1 Å². The number of ether oxygens (including phenoxy) is 1. The van der Waals surface area contributed by atoms with Gasteiger partial charge < -0.3 is 9.84 Å². The van der Waals surface area contributed by atoms with Gasteiger partial charge in [0.05, 0.1) is 6.61 Å². The van der Waals surface area contributed by atoms with Crippen molar-refractivity contribution in [2.75, 3.05) is 6.61 Å². The number of allylic oxidation sites excluding steroid dienone is 2. The van der Waals surface area contributed by atoms with Crippen LogP contribution in [0.3, 0.4) is 0 Å². The molecule has 0 fully saturated rings. The zero-order valence-electron chi connectivity index (χ0n) is 9.58. The van der Waals surface area contributed by atoms with Crippen LogP contribution < -0.4 is 0 Å². The second kappa shape index (κ2) is 7.41. The van der Waals surface area contributed by atoms with Crippen molar-refractivity contribution in [3.63, 3.8) is 0 Å². The molecule has 0 saturated heterocycles. The lowest BCUT2D eigenvalue weighted by atomic mass is 10.2. The van der Waals surface area contributed by atoms with Gasteiger partial charge in [0, 0.05) is 6.42 Å². The van der Waals surface area contributed by atoms with Crippen molar-refractivity contribution in [2.24, 2.45) is 0 Å². The highest BCUT2D eigenvalue weighted by Crippen LogP contribution is 2.00. The number of aliphatic hydroxyl groups excluding tert-OH is 1. The molecule has 1 N–H and O–H groups in total. The monoisotopic (exact) mass is 232 g/mol. The molecule has 3 nitrogen and oxygen atoms in total. The van der Waals surface area contributed by atoms with Crippen molar-refractivity contribution in [3.05, 3.63) is 60.7 Å². The first-order valence-corrected chi connectivity index (χ1v) is 5.42. The van der Waals surface area contributed by atoms with E-state index in [0.717, 1.165) is 5.56 Å². The molecule has 0 heterocycles. The fraction of sp³-hybridized carbons (Fsp3) is 0.214. The normalized spacial score (nSPS) is 12.3. The molecule has 0 aromatic heterocycles. The Morgan fingerprint density at radius 3 is 2.76 bits per heavy atom. The summed E-state index contributed by atoms with van der Waals surface area (Å²) in [5.74, 6) is -0.640. The van der Waals surface area contributed by atoms with Gasteiger partial charge in [0.1, 0.15) is 0 Å². The Labute approximate surface area is 101 Å². The smallest absolute Gasteiger partial charge is 0.339 e. The molecule has 0 aliphatic rings. The summed E-state index contributed by atoms with van der Waals surface area (Å²) in [7, 11) is 0. The van der Waals surface area contributed by atoms with Crippen molar-refractivity contribution >= 4 is 5.97 Å². The van der Waals surface area contributed by atoms with E-state index < -0.39 is 12.1 Å². The van der Waals surface area contributed by atoms with Crippen molar-refractivity contribution in [3.8, 4) is 0 Å². The Morgan fingerprint density at radius 2 is 2.12 bits per heavy atom. The van der Waals surface area contributed by atoms with E-state index in [9.17, 15) is 9.90 Å². The summed E-state index contributed by atoms with van der Waals surface area (Å²) in [4.78, 5) is 11.3. The number of hydrogen-bond acceptors (Lipinski definition) is 3. The molecular formula is C14H16O3. The predicted octanol–water partition coefficient (Wildman–Crippen LogP) is 1.88. The number of esters is 1. The molecule has 0 saturated carbocycles. The summed E-state index contributed by atoms with van der Waals surface area (Å²) in [6.07, 6.45) is 3.75. The SMILES string of the molecule is C=C/C=C/C(O)C(=O)OCCc1ccccc1. The molecule has 3 heteroatoms. The number of benzene rings is 1. The van der Waals surface area contributed by atoms with Gasteiger partial charge in [0.2, 0.25) is 0 Å². The predicted molar refractivity (Wildman–Crippen MR) is 66.4 cm³/mol. The van der Waals surface area contributed by atoms with Gasteiger partial charge in [0.25, 0.3) is 0 Å². The van der Waals surface area contributed by atoms with E-state index in [1.807, 2.05) is 30.3 Å². The van der Waals surface area contributed by atoms with Crippen LogP contribution in [0.1, 0.15) is 5.56 Å². The largest absolute Gasteiger partial charge is 0.463 e. The lowest BCUT2D eigenvalue weighted by molar-refractivity contribution is -0.150. The summed E-state index contributed by atoms with van der Waals surface area (Å²) < 4.78 is 4.93. The molecule has 0 radical (unpaired) electrons. The van der Waals surface area contributed by atoms with E-state index in [1.165, 1.54) is 18.2 Å². The first-order chi connectivity index (χ1) is 8.24. The first-order valence-electron chi connectivity index (χ1n) is 5.42. The van der Waals surface area contributed by atoms with Crippen LogP contribution in [0.2, 0.25) is 0 Å². The maximum Gasteiger partial charge on any atom is 0.339 e. The van der Waals surface area contributed by atoms with Crippen molar-refractivity contribution in [1.82, 2.24) is 0 Å². The summed E-state index contributed by atoms with van der Waals surface area (Å²) in [5, 5.41) is 9.34. The minimum atomic E-state index is -1.22. The molecule has 0 spiro atoms. The summed E-state index contributed by atoms with van der Waals surface area (Å²) in [5.41, 5.74) is 1.09. The third kappa shape index (κ3) is 5.13. The fourth-order valence-corrected chi connectivity index (χ4v) is 1.26. The van der Waals surface area contributed by atoms with Crippen LogP contribution in [-0.4, -0.2) is 23.8 Å². The quantitative estimate of drug-likeness (QED) is 0.601. The first kappa shape index (κ1) is 13.2. The van der Waals surface area contributed by atoms with Crippen LogP contribution in [0, 0.1) is 0 Å². The zero-order valence-corrected chi connectivity index (χ0v) is 9.58. The minimum Gasteiger partial charge on any atom is -0.463 e. The Morgan fingerprint density at radius 1 is 1.41 bits per heavy atom. The molecule has 1 rings (SSSR count). The molecular weight excluding hydrogens is 216 g/mol. The average Bonchev–Trinajstić information content (AvgIpc) is 2.37. The van der Waals surface area contributed by atoms with Gasteiger partial charge in [0.15, 0.2) is 6.10 Å². The Kier molecular flexibility index (Phi) is 5.75. The highest BCUT2D eigenvalue weighted by Gasteiger charge is 2.12. The average molecular weight is 232 g/mol. The maximum atomic E-state index is 11.3. The molecule has 0 bridgehead atoms. The van der Waals surface area contributed by atoms with Gasteiger partial charge in [-0.2, -0.15) is 0 Å². The van der Waals surface area contributed by atoms with Gasteiger partial charge in [-0.05, 0) is 11.6 Å². The number of carbonyl (C=O) groups excluding carboxylic acids is 1. The van der Waals surface area contributed by atoms with Crippen molar-refractivity contribution in [1.29, 1.82) is 0 Å². The van der Waals surface area contributed by atoms with E-state index in [2.05, 4.69) is 6.58 Å². The van der Waals surface area contributed by atoms with Crippen molar-refractivity contribution in [2.45, 2.75) is 12.5 Å². The number of rotatable bonds is 6. The Bertz CT molecular complexity index is 382. The highest BCUT2D eigenvalue weighted by molar-refractivity contribution is 5.76. The third-order valence-corrected chi connectivity index (χ3v) is 2.15. The minimum absolute atomic E-state index is 0.266. The lowest BCUT2D eigenvalue weighted by Crippen LogP contribution is -2.21. The molecule has 1 atom stereocenters. The van der Waals surface area contributed by atoms with E-state index >= 15 is 0 Å². The number of carbonyl (C=O) groups is 1. The molecule has 1 aromatic rings. The Balaban J connectivity index is 2.29. The third-order valence-electron chi connectivity index (χ3n) is 2.15. The topological polar surface area (TPSA) is 46.5 Å². The molecule has 1 unspecified atom stereocenters. The van der Waals surface area contributed by atoms with E-state index in [1.54, 1.807) is 0 Å². The molecule has 0 amide bonds. The van der Waals surface area contributed by atoms with E-state index in [4.69, 9.17) is 4.74 Å². The molecule has 0 aliphatic carbocycles. The number of hydrogen-bond donors (Lipinski definition) is 1. The van der Waals surface area contributed by atoms with E-state index in [-0.39, 0.29) is 6.61 Å². The second-order valence-corrected chi connectivity index (χ2v) is 3.47. The van der Waals surface area contributed by atoms with Crippen LogP contribution in [0.25, 0.3) is 0 Å². The second-order valence-electron chi connectivity index (χ2n) is 3.47. The summed E-state index contributed by atoms with van der Waals surface area (Å²) in [6, 6.07) is 9.71. The van der Waals surface area contributed by atoms with E-state index in [0.29, 0.717) is 6.42 Å². The van der Waals surface area contributed by atoms with Crippen LogP contribution in [0.15, 0.2) is 55.1 Å². The number of aliphatic hydroxyl groups is 1. The van der Waals surface area contributed by atoms with Crippen LogP contribution >= 0.6 is 0 Å². The van der Waals surface area contributed by atoms with Crippen LogP contribution in [-0.2, 0) is 16.0 Å². The zero-order chi connectivity index (χ0) is 12.5. The Hall–Kier alpha value is -1.87. The summed E-state index contributed by atoms with van der Waals surface area (Å²) >= 11 is 0. The molecule has 1 aromatic carbocycles. The van der Waals surface area contributed by atoms with Gasteiger partial charge >= 0.3 is 5.97 Å². The summed E-state index contributed by atoms with van der Waals surface area (Å²) in [6.45, 7) is 3.71. The standard InChI is InChI=1S/C14H16O3/c1-2-3-9-13(15)14(16)17-11-10-12-7-5-4-6-8-12/h2-9,13,15H,1,10-11H2/b9-3+. The molecule has 0 aliphatic heterocycles.